The van der Waals surface area contributed by atoms with Crippen molar-refractivity contribution in [1.82, 2.24) is 0 Å². The Bertz CT molecular complexity index is 813. The van der Waals surface area contributed by atoms with E-state index in [4.69, 9.17) is 0 Å². The van der Waals surface area contributed by atoms with Gasteiger partial charge in [0.05, 0.1) is 0 Å². The highest BCUT2D eigenvalue weighted by Gasteiger charge is 2.59. The van der Waals surface area contributed by atoms with Gasteiger partial charge < -0.3 is 0 Å². The van der Waals surface area contributed by atoms with Crippen molar-refractivity contribution in [2.45, 2.75) is 162 Å². The van der Waals surface area contributed by atoms with Crippen molar-refractivity contribution < 1.29 is 0 Å². The Hall–Kier alpha value is 0. The molecule has 0 aromatic rings. The monoisotopic (exact) mass is 521 g/mol. The zero-order valence-electron chi connectivity index (χ0n) is 25.9. The van der Waals surface area contributed by atoms with Crippen LogP contribution in [0.15, 0.2) is 0 Å². The van der Waals surface area contributed by atoms with E-state index in [1.54, 1.807) is 122 Å². The Balaban J connectivity index is 0.000000130. The largest absolute Gasteiger partial charge is 0.0651 e. The van der Waals surface area contributed by atoms with E-state index in [1.165, 1.54) is 42.9 Å². The van der Waals surface area contributed by atoms with Gasteiger partial charge in [-0.15, -0.1) is 0 Å². The average Bonchev–Trinajstić information content (AvgIpc) is 3.57. The average molecular weight is 521 g/mol. The van der Waals surface area contributed by atoms with E-state index in [0.717, 1.165) is 46.8 Å². The van der Waals surface area contributed by atoms with Crippen LogP contribution in [-0.2, 0) is 0 Å². The second-order valence-corrected chi connectivity index (χ2v) is 17.2. The van der Waals surface area contributed by atoms with Gasteiger partial charge in [-0.05, 0) is 166 Å². The summed E-state index contributed by atoms with van der Waals surface area (Å²) < 4.78 is 0. The first-order valence-corrected chi connectivity index (χ1v) is 18.5. The lowest BCUT2D eigenvalue weighted by Crippen LogP contribution is -2.52. The maximum Gasteiger partial charge on any atom is -0.0266 e. The molecule has 0 N–H and O–H groups in total. The maximum atomic E-state index is 2.71. The van der Waals surface area contributed by atoms with Crippen LogP contribution in [0, 0.1) is 75.9 Å². The van der Waals surface area contributed by atoms with Gasteiger partial charge in [0, 0.05) is 0 Å². The van der Waals surface area contributed by atoms with Crippen molar-refractivity contribution in [2.75, 3.05) is 0 Å². The van der Waals surface area contributed by atoms with E-state index in [9.17, 15) is 0 Å². The first kappa shape index (κ1) is 26.9. The van der Waals surface area contributed by atoms with Crippen molar-refractivity contribution in [1.29, 1.82) is 0 Å². The molecule has 8 aliphatic rings. The van der Waals surface area contributed by atoms with Gasteiger partial charge in [0.1, 0.15) is 0 Å². The maximum absolute atomic E-state index is 2.71. The van der Waals surface area contributed by atoms with Crippen molar-refractivity contribution in [3.8, 4) is 0 Å². The molecule has 8 saturated carbocycles. The van der Waals surface area contributed by atoms with E-state index in [2.05, 4.69) is 20.8 Å². The van der Waals surface area contributed by atoms with Gasteiger partial charge in [-0.25, -0.2) is 0 Å². The van der Waals surface area contributed by atoms with Crippen LogP contribution in [0.2, 0.25) is 0 Å². The topological polar surface area (TPSA) is 0 Å². The first-order chi connectivity index (χ1) is 18.5. The second-order valence-electron chi connectivity index (χ2n) is 17.2. The molecule has 8 rings (SSSR count). The molecular formula is C38H64. The lowest BCUT2D eigenvalue weighted by atomic mass is 9.45. The molecule has 0 amide bonds. The van der Waals surface area contributed by atoms with Gasteiger partial charge in [0.15, 0.2) is 0 Å². The molecule has 38 heavy (non-hydrogen) atoms. The predicted octanol–water partition coefficient (Wildman–Crippen LogP) is 11.5. The highest BCUT2D eigenvalue weighted by atomic mass is 14.6. The summed E-state index contributed by atoms with van der Waals surface area (Å²) in [6, 6.07) is 0. The lowest BCUT2D eigenvalue weighted by Gasteiger charge is -2.60. The number of hydrogen-bond acceptors (Lipinski definition) is 0. The first-order valence-electron chi connectivity index (χ1n) is 18.5. The lowest BCUT2D eigenvalue weighted by molar-refractivity contribution is -0.110. The summed E-state index contributed by atoms with van der Waals surface area (Å²) in [4.78, 5) is 0. The Labute approximate surface area is 237 Å². The van der Waals surface area contributed by atoms with E-state index in [-0.39, 0.29) is 0 Å². The van der Waals surface area contributed by atoms with Crippen molar-refractivity contribution in [2.24, 2.45) is 75.9 Å². The highest BCUT2D eigenvalue weighted by Crippen LogP contribution is 2.67. The molecule has 0 aromatic carbocycles. The minimum absolute atomic E-state index is 0.716. The fraction of sp³-hybridized carbons (Fsp3) is 1.00. The summed E-state index contributed by atoms with van der Waals surface area (Å²) >= 11 is 0. The number of fused-ring (bicyclic) bond motifs is 10. The van der Waals surface area contributed by atoms with Gasteiger partial charge in [-0.2, -0.15) is 0 Å². The van der Waals surface area contributed by atoms with E-state index in [0.29, 0.717) is 5.41 Å². The molecule has 0 heteroatoms. The van der Waals surface area contributed by atoms with Crippen LogP contribution in [0.3, 0.4) is 0 Å². The van der Waals surface area contributed by atoms with Gasteiger partial charge >= 0.3 is 0 Å². The zero-order chi connectivity index (χ0) is 25.9. The Kier molecular flexibility index (Phi) is 7.55. The fourth-order valence-electron chi connectivity index (χ4n) is 14.5. The Morgan fingerprint density at radius 3 is 1.84 bits per heavy atom. The molecule has 0 bridgehead atoms. The highest BCUT2D eigenvalue weighted by molar-refractivity contribution is 5.08. The summed E-state index contributed by atoms with van der Waals surface area (Å²) in [5, 5.41) is 0. The van der Waals surface area contributed by atoms with Crippen LogP contribution in [0.25, 0.3) is 0 Å². The molecule has 0 saturated heterocycles. The summed E-state index contributed by atoms with van der Waals surface area (Å²) in [6.45, 7) is 7.84. The molecule has 0 heterocycles. The molecule has 2 unspecified atom stereocenters. The van der Waals surface area contributed by atoms with Gasteiger partial charge in [0.25, 0.3) is 0 Å². The number of hydrogen-bond donors (Lipinski definition) is 0. The van der Waals surface area contributed by atoms with Crippen LogP contribution in [0.4, 0.5) is 0 Å². The molecule has 8 fully saturated rings. The Morgan fingerprint density at radius 2 is 1.08 bits per heavy atom. The summed E-state index contributed by atoms with van der Waals surface area (Å²) in [5.74, 6) is 12.4. The molecular weight excluding hydrogens is 456 g/mol. The third-order valence-corrected chi connectivity index (χ3v) is 16.3. The van der Waals surface area contributed by atoms with Gasteiger partial charge in [-0.3, -0.25) is 0 Å². The molecule has 0 aliphatic heterocycles. The molecule has 0 aromatic heterocycles. The third kappa shape index (κ3) is 4.32. The fourth-order valence-corrected chi connectivity index (χ4v) is 14.5. The Morgan fingerprint density at radius 1 is 0.447 bits per heavy atom. The minimum Gasteiger partial charge on any atom is -0.0651 e. The summed E-state index contributed by atoms with van der Waals surface area (Å²) in [5.41, 5.74) is 1.45. The third-order valence-electron chi connectivity index (χ3n) is 16.3. The van der Waals surface area contributed by atoms with Crippen molar-refractivity contribution in [3.63, 3.8) is 0 Å². The molecule has 216 valence electrons. The molecule has 8 aliphatic carbocycles. The SMILES string of the molecule is C1CC[C@H]2C(C1)CC[C@H]1[C@@H]3CCC[C@H]3CC[C@@H]12.CC[C@H]1CC[C@H]2[C@@H]3CCC4CCCC[C@]4(C)[C@H]3CC[C@]12C. The van der Waals surface area contributed by atoms with Crippen LogP contribution >= 0.6 is 0 Å². The quantitative estimate of drug-likeness (QED) is 0.322. The predicted molar refractivity (Wildman–Crippen MR) is 162 cm³/mol. The molecule has 13 atom stereocenters. The molecule has 0 spiro atoms. The minimum atomic E-state index is 0.716. The summed E-state index contributed by atoms with van der Waals surface area (Å²) in [7, 11) is 0. The van der Waals surface area contributed by atoms with Crippen LogP contribution in [0.5, 0.6) is 0 Å². The van der Waals surface area contributed by atoms with Gasteiger partial charge in [0.2, 0.25) is 0 Å². The van der Waals surface area contributed by atoms with Crippen molar-refractivity contribution in [3.05, 3.63) is 0 Å². The number of rotatable bonds is 1. The van der Waals surface area contributed by atoms with Crippen LogP contribution < -0.4 is 0 Å². The summed E-state index contributed by atoms with van der Waals surface area (Å²) in [6.07, 6.45) is 34.5. The van der Waals surface area contributed by atoms with E-state index >= 15 is 0 Å². The standard InChI is InChI=1S/C21H36.C17H28/c1-4-15-9-11-18-17-10-8-16-7-5-6-13-20(16,2)19(17)12-14-21(15,18)3;1-2-6-14-12(4-1)8-10-17-15-7-3-5-13(15)9-11-16(14)17/h15-19H,4-14H2,1-3H3;12-17H,1-11H2/t15-,16?,17-,18-,19-,20-,21+;12?,13-,14-,15+,16+,17-/m00/s1. The normalized spacial score (nSPS) is 55.2. The second kappa shape index (κ2) is 10.7. The molecule has 0 nitrogen and oxygen atoms in total. The van der Waals surface area contributed by atoms with Gasteiger partial charge in [-0.1, -0.05) is 72.1 Å². The van der Waals surface area contributed by atoms with Crippen LogP contribution in [0.1, 0.15) is 162 Å². The van der Waals surface area contributed by atoms with E-state index in [1.807, 2.05) is 0 Å². The zero-order valence-corrected chi connectivity index (χ0v) is 25.9. The molecule has 0 radical (unpaired) electrons. The van der Waals surface area contributed by atoms with Crippen molar-refractivity contribution >= 4 is 0 Å². The van der Waals surface area contributed by atoms with Crippen LogP contribution in [-0.4, -0.2) is 0 Å². The van der Waals surface area contributed by atoms with E-state index < -0.39 is 0 Å². The smallest absolute Gasteiger partial charge is 0.0266 e.